The predicted octanol–water partition coefficient (Wildman–Crippen LogP) is 3.93. The Morgan fingerprint density at radius 1 is 1.33 bits per heavy atom. The second kappa shape index (κ2) is 6.93. The molecule has 1 aliphatic carbocycles. The zero-order valence-electron chi connectivity index (χ0n) is 12.9. The van der Waals surface area contributed by atoms with Gasteiger partial charge in [-0.05, 0) is 30.2 Å². The molecule has 1 N–H and O–H groups in total. The van der Waals surface area contributed by atoms with E-state index in [0.717, 1.165) is 18.9 Å². The van der Waals surface area contributed by atoms with Crippen molar-refractivity contribution in [3.8, 4) is 0 Å². The van der Waals surface area contributed by atoms with Gasteiger partial charge in [0.2, 0.25) is 5.91 Å². The summed E-state index contributed by atoms with van der Waals surface area (Å²) in [5.41, 5.74) is 0. The number of carbonyl (C=O) groups excluding carboxylic acids is 1. The number of amides is 1. The molecule has 3 rings (SSSR count). The fourth-order valence-electron chi connectivity index (χ4n) is 3.69. The molecule has 1 saturated heterocycles. The molecule has 116 valence electrons. The quantitative estimate of drug-likeness (QED) is 0.894. The van der Waals surface area contributed by atoms with Crippen LogP contribution in [0.3, 0.4) is 0 Å². The summed E-state index contributed by atoms with van der Waals surface area (Å²) < 4.78 is 0. The van der Waals surface area contributed by atoms with Crippen molar-refractivity contribution in [3.63, 3.8) is 0 Å². The van der Waals surface area contributed by atoms with Crippen molar-refractivity contribution in [2.45, 2.75) is 64.1 Å². The van der Waals surface area contributed by atoms with Crippen LogP contribution in [0.15, 0.2) is 17.5 Å². The molecule has 1 aromatic heterocycles. The van der Waals surface area contributed by atoms with Crippen LogP contribution in [0.5, 0.6) is 0 Å². The highest BCUT2D eigenvalue weighted by atomic mass is 32.1. The standard InChI is InChI=1S/C17H26N2OS/c1-2-14-17(20)19(11-10-13-7-4-3-5-8-13)16(18-14)15-9-6-12-21-15/h6,9,12-14,16,18H,2-5,7-8,10-11H2,1H3. The van der Waals surface area contributed by atoms with Gasteiger partial charge in [-0.25, -0.2) is 0 Å². The zero-order chi connectivity index (χ0) is 14.7. The number of nitrogens with zero attached hydrogens (tertiary/aromatic N) is 1. The van der Waals surface area contributed by atoms with E-state index in [4.69, 9.17) is 0 Å². The molecular formula is C17H26N2OS. The highest BCUT2D eigenvalue weighted by Crippen LogP contribution is 2.32. The van der Waals surface area contributed by atoms with Crippen molar-refractivity contribution in [3.05, 3.63) is 22.4 Å². The summed E-state index contributed by atoms with van der Waals surface area (Å²) in [5, 5.41) is 5.61. The third kappa shape index (κ3) is 3.32. The van der Waals surface area contributed by atoms with Crippen molar-refractivity contribution in [1.29, 1.82) is 0 Å². The number of thiophene rings is 1. The molecule has 3 nitrogen and oxygen atoms in total. The van der Waals surface area contributed by atoms with E-state index in [2.05, 4.69) is 34.7 Å². The number of hydrogen-bond acceptors (Lipinski definition) is 3. The minimum absolute atomic E-state index is 0.00320. The van der Waals surface area contributed by atoms with Gasteiger partial charge in [-0.15, -0.1) is 11.3 Å². The molecule has 0 bridgehead atoms. The Balaban J connectivity index is 1.65. The summed E-state index contributed by atoms with van der Waals surface area (Å²) >= 11 is 1.74. The zero-order valence-corrected chi connectivity index (χ0v) is 13.7. The van der Waals surface area contributed by atoms with E-state index < -0.39 is 0 Å². The van der Waals surface area contributed by atoms with E-state index in [-0.39, 0.29) is 12.2 Å². The molecule has 4 heteroatoms. The third-order valence-electron chi connectivity index (χ3n) is 4.98. The molecule has 2 heterocycles. The first-order valence-electron chi connectivity index (χ1n) is 8.39. The lowest BCUT2D eigenvalue weighted by Gasteiger charge is -2.27. The lowest BCUT2D eigenvalue weighted by atomic mass is 9.87. The van der Waals surface area contributed by atoms with Gasteiger partial charge in [0.1, 0.15) is 6.17 Å². The molecule has 2 atom stereocenters. The minimum Gasteiger partial charge on any atom is -0.321 e. The van der Waals surface area contributed by atoms with E-state index >= 15 is 0 Å². The summed E-state index contributed by atoms with van der Waals surface area (Å²) in [5.74, 6) is 1.13. The summed E-state index contributed by atoms with van der Waals surface area (Å²) in [6.45, 7) is 3.00. The Bertz CT molecular complexity index is 453. The van der Waals surface area contributed by atoms with E-state index in [1.54, 1.807) is 11.3 Å². The molecule has 0 radical (unpaired) electrons. The SMILES string of the molecule is CCC1NC(c2cccs2)N(CCC2CCCCC2)C1=O. The molecule has 0 spiro atoms. The van der Waals surface area contributed by atoms with Crippen LogP contribution in [0, 0.1) is 5.92 Å². The number of carbonyl (C=O) groups is 1. The first-order valence-corrected chi connectivity index (χ1v) is 9.27. The fourth-order valence-corrected chi connectivity index (χ4v) is 4.49. The van der Waals surface area contributed by atoms with Gasteiger partial charge in [0.25, 0.3) is 0 Å². The molecule has 1 aliphatic heterocycles. The van der Waals surface area contributed by atoms with Gasteiger partial charge in [0.05, 0.1) is 6.04 Å². The molecule has 21 heavy (non-hydrogen) atoms. The highest BCUT2D eigenvalue weighted by Gasteiger charge is 2.38. The normalized spacial score (nSPS) is 27.5. The molecule has 2 aliphatic rings. The topological polar surface area (TPSA) is 32.3 Å². The van der Waals surface area contributed by atoms with Crippen LogP contribution in [0.2, 0.25) is 0 Å². The van der Waals surface area contributed by atoms with Gasteiger partial charge in [-0.1, -0.05) is 45.1 Å². The third-order valence-corrected chi connectivity index (χ3v) is 5.90. The molecule has 1 saturated carbocycles. The van der Waals surface area contributed by atoms with Gasteiger partial charge >= 0.3 is 0 Å². The molecule has 1 aromatic rings. The van der Waals surface area contributed by atoms with Gasteiger partial charge in [0, 0.05) is 11.4 Å². The Hall–Kier alpha value is -0.870. The van der Waals surface area contributed by atoms with Crippen LogP contribution in [0.4, 0.5) is 0 Å². The van der Waals surface area contributed by atoms with Crippen molar-refractivity contribution >= 4 is 17.2 Å². The Labute approximate surface area is 131 Å². The number of rotatable bonds is 5. The van der Waals surface area contributed by atoms with Crippen LogP contribution in [0.1, 0.15) is 62.9 Å². The van der Waals surface area contributed by atoms with E-state index in [9.17, 15) is 4.79 Å². The fraction of sp³-hybridized carbons (Fsp3) is 0.706. The summed E-state index contributed by atoms with van der Waals surface area (Å²) in [7, 11) is 0. The van der Waals surface area contributed by atoms with Crippen LogP contribution >= 0.6 is 11.3 Å². The molecule has 0 aromatic carbocycles. The monoisotopic (exact) mass is 306 g/mol. The van der Waals surface area contributed by atoms with Gasteiger partial charge in [0.15, 0.2) is 0 Å². The number of nitrogens with one attached hydrogen (secondary N) is 1. The van der Waals surface area contributed by atoms with Crippen molar-refractivity contribution in [1.82, 2.24) is 10.2 Å². The Morgan fingerprint density at radius 2 is 2.14 bits per heavy atom. The average Bonchev–Trinajstić information content (AvgIpc) is 3.14. The first-order chi connectivity index (χ1) is 10.3. The van der Waals surface area contributed by atoms with E-state index in [1.807, 2.05) is 0 Å². The van der Waals surface area contributed by atoms with Crippen LogP contribution in [-0.2, 0) is 4.79 Å². The highest BCUT2D eigenvalue weighted by molar-refractivity contribution is 7.10. The molecule has 2 unspecified atom stereocenters. The van der Waals surface area contributed by atoms with Crippen molar-refractivity contribution in [2.24, 2.45) is 5.92 Å². The van der Waals surface area contributed by atoms with Gasteiger partial charge < -0.3 is 4.90 Å². The summed E-state index contributed by atoms with van der Waals surface area (Å²) in [6.07, 6.45) is 9.02. The summed E-state index contributed by atoms with van der Waals surface area (Å²) in [4.78, 5) is 15.9. The lowest BCUT2D eigenvalue weighted by molar-refractivity contribution is -0.130. The van der Waals surface area contributed by atoms with Crippen LogP contribution < -0.4 is 5.32 Å². The van der Waals surface area contributed by atoms with E-state index in [1.165, 1.54) is 43.4 Å². The second-order valence-electron chi connectivity index (χ2n) is 6.37. The van der Waals surface area contributed by atoms with Gasteiger partial charge in [-0.3, -0.25) is 10.1 Å². The van der Waals surface area contributed by atoms with Crippen LogP contribution in [0.25, 0.3) is 0 Å². The molecular weight excluding hydrogens is 280 g/mol. The second-order valence-corrected chi connectivity index (χ2v) is 7.35. The maximum Gasteiger partial charge on any atom is 0.241 e. The molecule has 2 fully saturated rings. The Kier molecular flexibility index (Phi) is 4.96. The maximum absolute atomic E-state index is 12.6. The lowest BCUT2D eigenvalue weighted by Crippen LogP contribution is -2.32. The van der Waals surface area contributed by atoms with Gasteiger partial charge in [-0.2, -0.15) is 0 Å². The average molecular weight is 306 g/mol. The Morgan fingerprint density at radius 3 is 2.81 bits per heavy atom. The number of hydrogen-bond donors (Lipinski definition) is 1. The van der Waals surface area contributed by atoms with Crippen molar-refractivity contribution < 1.29 is 4.79 Å². The summed E-state index contributed by atoms with van der Waals surface area (Å²) in [6, 6.07) is 4.22. The van der Waals surface area contributed by atoms with Crippen molar-refractivity contribution in [2.75, 3.05) is 6.54 Å². The molecule has 1 amide bonds. The van der Waals surface area contributed by atoms with Crippen LogP contribution in [-0.4, -0.2) is 23.4 Å². The largest absolute Gasteiger partial charge is 0.321 e. The minimum atomic E-state index is 0.00320. The predicted molar refractivity (Wildman–Crippen MR) is 87.2 cm³/mol. The smallest absolute Gasteiger partial charge is 0.241 e. The maximum atomic E-state index is 12.6. The van der Waals surface area contributed by atoms with E-state index in [0.29, 0.717) is 5.91 Å². The first kappa shape index (κ1) is 15.0.